The van der Waals surface area contributed by atoms with Crippen LogP contribution in [0.4, 0.5) is 11.4 Å². The smallest absolute Gasteiger partial charge is 0.271 e. The van der Waals surface area contributed by atoms with E-state index >= 15 is 0 Å². The molecule has 1 aliphatic heterocycles. The zero-order chi connectivity index (χ0) is 28.1. The number of ether oxygens (including phenoxy) is 2. The minimum Gasteiger partial charge on any atom is -0.490 e. The van der Waals surface area contributed by atoms with Gasteiger partial charge in [-0.2, -0.15) is 0 Å². The van der Waals surface area contributed by atoms with Crippen LogP contribution >= 0.6 is 46.6 Å². The fourth-order valence-electron chi connectivity index (χ4n) is 3.89. The largest absolute Gasteiger partial charge is 0.490 e. The van der Waals surface area contributed by atoms with Gasteiger partial charge in [0.15, 0.2) is 16.7 Å². The van der Waals surface area contributed by atoms with E-state index in [0.717, 1.165) is 11.1 Å². The van der Waals surface area contributed by atoms with Crippen molar-refractivity contribution < 1.29 is 14.3 Å². The quantitative estimate of drug-likeness (QED) is 0.187. The Bertz CT molecular complexity index is 1570. The van der Waals surface area contributed by atoms with Crippen LogP contribution in [0.3, 0.4) is 0 Å². The second-order valence-corrected chi connectivity index (χ2v) is 11.0. The van der Waals surface area contributed by atoms with Crippen molar-refractivity contribution in [3.05, 3.63) is 122 Å². The molecule has 0 aromatic heterocycles. The number of rotatable bonds is 8. The van der Waals surface area contributed by atoms with Crippen LogP contribution in [0, 0.1) is 0 Å². The molecule has 0 N–H and O–H groups in total. The number of aliphatic imine (C=N–C) groups is 1. The minimum atomic E-state index is -0.193. The summed E-state index contributed by atoms with van der Waals surface area (Å²) in [5, 5.41) is 2.39. The number of carbonyl (C=O) groups excluding carboxylic acids is 1. The van der Waals surface area contributed by atoms with Crippen molar-refractivity contribution in [1.29, 1.82) is 0 Å². The Kier molecular flexibility index (Phi) is 9.02. The maximum Gasteiger partial charge on any atom is 0.271 e. The second-order valence-electron chi connectivity index (χ2n) is 8.65. The van der Waals surface area contributed by atoms with Gasteiger partial charge in [0.05, 0.1) is 22.9 Å². The van der Waals surface area contributed by atoms with Crippen LogP contribution < -0.4 is 14.4 Å². The third-order valence-electron chi connectivity index (χ3n) is 5.82. The molecular weight excluding hydrogens is 587 g/mol. The Balaban J connectivity index is 1.44. The summed E-state index contributed by atoms with van der Waals surface area (Å²) < 4.78 is 11.9. The summed E-state index contributed by atoms with van der Waals surface area (Å²) in [5.74, 6) is 1.00. The average Bonchev–Trinajstić information content (AvgIpc) is 3.25. The number of halogens is 3. The van der Waals surface area contributed by atoms with Gasteiger partial charge in [-0.05, 0) is 109 Å². The van der Waals surface area contributed by atoms with Crippen molar-refractivity contribution in [3.63, 3.8) is 0 Å². The fourth-order valence-corrected chi connectivity index (χ4v) is 5.27. The Hall–Kier alpha value is -3.42. The summed E-state index contributed by atoms with van der Waals surface area (Å²) in [5.41, 5.74) is 3.13. The standard InChI is InChI=1S/C31H23Cl3N2O3S/c1-2-38-28-17-21(5-16-27(28)39-19-20-3-6-22(32)7-4-20)18-29-30(37)36(26-14-10-24(34)11-15-26)31(40-29)35-25-12-8-23(33)9-13-25/h3-18H,2,19H2,1H3/b29-18-,35-31?. The van der Waals surface area contributed by atoms with Gasteiger partial charge >= 0.3 is 0 Å². The van der Waals surface area contributed by atoms with Crippen LogP contribution in [0.2, 0.25) is 15.1 Å². The van der Waals surface area contributed by atoms with E-state index in [9.17, 15) is 4.79 Å². The number of amidine groups is 1. The lowest BCUT2D eigenvalue weighted by atomic mass is 10.1. The zero-order valence-corrected chi connectivity index (χ0v) is 24.4. The molecule has 4 aromatic rings. The molecule has 0 saturated carbocycles. The number of benzene rings is 4. The van der Waals surface area contributed by atoms with Crippen molar-refractivity contribution in [2.24, 2.45) is 4.99 Å². The molecule has 4 aromatic carbocycles. The van der Waals surface area contributed by atoms with Gasteiger partial charge in [0, 0.05) is 15.1 Å². The first-order chi connectivity index (χ1) is 19.4. The summed E-state index contributed by atoms with van der Waals surface area (Å²) >= 11 is 19.4. The van der Waals surface area contributed by atoms with Crippen LogP contribution in [-0.2, 0) is 11.4 Å². The van der Waals surface area contributed by atoms with E-state index in [4.69, 9.17) is 49.3 Å². The number of carbonyl (C=O) groups is 1. The molecule has 0 spiro atoms. The summed E-state index contributed by atoms with van der Waals surface area (Å²) in [7, 11) is 0. The van der Waals surface area contributed by atoms with E-state index in [0.29, 0.717) is 61.2 Å². The normalized spacial score (nSPS) is 15.2. The number of thioether (sulfide) groups is 1. The maximum atomic E-state index is 13.6. The molecule has 0 bridgehead atoms. The maximum absolute atomic E-state index is 13.6. The van der Waals surface area contributed by atoms with Crippen molar-refractivity contribution in [2.45, 2.75) is 13.5 Å². The first-order valence-electron chi connectivity index (χ1n) is 12.4. The highest BCUT2D eigenvalue weighted by atomic mass is 35.5. The molecule has 5 nitrogen and oxygen atoms in total. The molecular formula is C31H23Cl3N2O3S. The third kappa shape index (κ3) is 6.83. The first kappa shape index (κ1) is 28.1. The van der Waals surface area contributed by atoms with E-state index in [-0.39, 0.29) is 5.91 Å². The van der Waals surface area contributed by atoms with Crippen molar-refractivity contribution in [2.75, 3.05) is 11.5 Å². The third-order valence-corrected chi connectivity index (χ3v) is 7.54. The van der Waals surface area contributed by atoms with Gasteiger partial charge in [-0.15, -0.1) is 0 Å². The van der Waals surface area contributed by atoms with Crippen LogP contribution in [0.5, 0.6) is 11.5 Å². The van der Waals surface area contributed by atoms with Crippen LogP contribution in [0.25, 0.3) is 6.08 Å². The van der Waals surface area contributed by atoms with Gasteiger partial charge in [0.25, 0.3) is 5.91 Å². The molecule has 1 amide bonds. The number of hydrogen-bond acceptors (Lipinski definition) is 5. The van der Waals surface area contributed by atoms with E-state index in [1.807, 2.05) is 55.5 Å². The SMILES string of the molecule is CCOc1cc(/C=C2\SC(=Nc3ccc(Cl)cc3)N(c3ccc(Cl)cc3)C2=O)ccc1OCc1ccc(Cl)cc1. The molecule has 0 unspecified atom stereocenters. The van der Waals surface area contributed by atoms with Gasteiger partial charge in [-0.1, -0.05) is 53.0 Å². The first-order valence-corrected chi connectivity index (χ1v) is 14.3. The fraction of sp³-hybridized carbons (Fsp3) is 0.0968. The summed E-state index contributed by atoms with van der Waals surface area (Å²) in [6.45, 7) is 2.74. The highest BCUT2D eigenvalue weighted by Crippen LogP contribution is 2.39. The Morgan fingerprint density at radius 1 is 0.800 bits per heavy atom. The molecule has 0 atom stereocenters. The van der Waals surface area contributed by atoms with Gasteiger partial charge < -0.3 is 9.47 Å². The lowest BCUT2D eigenvalue weighted by Gasteiger charge is -2.15. The highest BCUT2D eigenvalue weighted by Gasteiger charge is 2.34. The molecule has 0 aliphatic carbocycles. The molecule has 1 heterocycles. The van der Waals surface area contributed by atoms with Gasteiger partial charge in [-0.3, -0.25) is 9.69 Å². The van der Waals surface area contributed by atoms with E-state index in [1.54, 1.807) is 53.4 Å². The number of anilines is 1. The van der Waals surface area contributed by atoms with Gasteiger partial charge in [0.2, 0.25) is 0 Å². The summed E-state index contributed by atoms with van der Waals surface area (Å²) in [6.07, 6.45) is 1.83. The van der Waals surface area contributed by atoms with Crippen molar-refractivity contribution >= 4 is 75.1 Å². The topological polar surface area (TPSA) is 51.1 Å². The predicted octanol–water partition coefficient (Wildman–Crippen LogP) is 9.43. The summed E-state index contributed by atoms with van der Waals surface area (Å²) in [4.78, 5) is 20.5. The molecule has 0 radical (unpaired) electrons. The average molecular weight is 610 g/mol. The molecule has 9 heteroatoms. The van der Waals surface area contributed by atoms with Gasteiger partial charge in [0.1, 0.15) is 6.61 Å². The van der Waals surface area contributed by atoms with Crippen molar-refractivity contribution in [1.82, 2.24) is 0 Å². The predicted molar refractivity (Wildman–Crippen MR) is 166 cm³/mol. The van der Waals surface area contributed by atoms with Crippen LogP contribution in [0.15, 0.2) is 101 Å². The monoisotopic (exact) mass is 608 g/mol. The van der Waals surface area contributed by atoms with E-state index in [1.165, 1.54) is 11.8 Å². The van der Waals surface area contributed by atoms with Crippen LogP contribution in [-0.4, -0.2) is 17.7 Å². The lowest BCUT2D eigenvalue weighted by Crippen LogP contribution is -2.28. The Morgan fingerprint density at radius 3 is 2.08 bits per heavy atom. The van der Waals surface area contributed by atoms with Crippen LogP contribution in [0.1, 0.15) is 18.1 Å². The van der Waals surface area contributed by atoms with E-state index < -0.39 is 0 Å². The molecule has 1 saturated heterocycles. The minimum absolute atomic E-state index is 0.193. The number of amides is 1. The molecule has 1 aliphatic rings. The lowest BCUT2D eigenvalue weighted by molar-refractivity contribution is -0.113. The summed E-state index contributed by atoms with van der Waals surface area (Å²) in [6, 6.07) is 27.3. The van der Waals surface area contributed by atoms with Gasteiger partial charge in [-0.25, -0.2) is 4.99 Å². The number of nitrogens with zero attached hydrogens (tertiary/aromatic N) is 2. The Labute approximate surface area is 252 Å². The second kappa shape index (κ2) is 12.8. The zero-order valence-electron chi connectivity index (χ0n) is 21.3. The van der Waals surface area contributed by atoms with Crippen molar-refractivity contribution in [3.8, 4) is 11.5 Å². The molecule has 1 fully saturated rings. The molecule has 40 heavy (non-hydrogen) atoms. The molecule has 5 rings (SSSR count). The molecule has 202 valence electrons. The Morgan fingerprint density at radius 2 is 1.43 bits per heavy atom. The number of hydrogen-bond donors (Lipinski definition) is 0. The highest BCUT2D eigenvalue weighted by molar-refractivity contribution is 8.19. The van der Waals surface area contributed by atoms with E-state index in [2.05, 4.69) is 0 Å².